The number of rotatable bonds is 4. The summed E-state index contributed by atoms with van der Waals surface area (Å²) in [4.78, 5) is 17.5. The van der Waals surface area contributed by atoms with E-state index in [1.807, 2.05) is 43.3 Å². The van der Waals surface area contributed by atoms with Crippen LogP contribution < -0.4 is 10.4 Å². The van der Waals surface area contributed by atoms with Gasteiger partial charge in [-0.25, -0.2) is 9.86 Å². The van der Waals surface area contributed by atoms with Crippen molar-refractivity contribution in [3.63, 3.8) is 0 Å². The molecule has 2 atom stereocenters. The van der Waals surface area contributed by atoms with E-state index in [0.29, 0.717) is 0 Å². The summed E-state index contributed by atoms with van der Waals surface area (Å²) in [6.45, 7) is 5.61. The Morgan fingerprint density at radius 1 is 1.48 bits per heavy atom. The molecule has 0 aromatic heterocycles. The topological polar surface area (TPSA) is 50.8 Å². The van der Waals surface area contributed by atoms with Gasteiger partial charge in [-0.2, -0.15) is 0 Å². The highest BCUT2D eigenvalue weighted by Gasteiger charge is 2.25. The molecule has 1 aliphatic heterocycles. The fraction of sp³-hybridized carbons (Fsp3) is 0.267. The molecule has 1 aromatic carbocycles. The van der Waals surface area contributed by atoms with Crippen LogP contribution in [-0.2, 0) is 9.57 Å². The lowest BCUT2D eigenvalue weighted by atomic mass is 10.2. The Morgan fingerprint density at radius 3 is 2.86 bits per heavy atom. The number of alkyl carbamates (subject to hydrolysis) is 1. The van der Waals surface area contributed by atoms with E-state index < -0.39 is 12.3 Å². The van der Waals surface area contributed by atoms with Crippen molar-refractivity contribution in [2.24, 2.45) is 0 Å². The largest absolute Gasteiger partial charge is 0.445 e. The van der Waals surface area contributed by atoms with Gasteiger partial charge in [0, 0.05) is 3.57 Å². The summed E-state index contributed by atoms with van der Waals surface area (Å²) >= 11 is 2.24. The highest BCUT2D eigenvalue weighted by molar-refractivity contribution is 14.1. The van der Waals surface area contributed by atoms with Gasteiger partial charge in [0.2, 0.25) is 0 Å². The predicted octanol–water partition coefficient (Wildman–Crippen LogP) is 3.23. The smallest absolute Gasteiger partial charge is 0.409 e. The number of hydrogen-bond acceptors (Lipinski definition) is 4. The van der Waals surface area contributed by atoms with Crippen LogP contribution in [0.25, 0.3) is 0 Å². The van der Waals surface area contributed by atoms with Crippen LogP contribution in [0.4, 0.5) is 10.5 Å². The van der Waals surface area contributed by atoms with E-state index in [0.717, 1.165) is 9.26 Å². The quantitative estimate of drug-likeness (QED) is 0.623. The molecule has 0 saturated heterocycles. The summed E-state index contributed by atoms with van der Waals surface area (Å²) in [6.07, 6.45) is 4.29. The lowest BCUT2D eigenvalue weighted by Gasteiger charge is -2.35. The molecule has 2 unspecified atom stereocenters. The molecule has 112 valence electrons. The Morgan fingerprint density at radius 2 is 2.19 bits per heavy atom. The first-order chi connectivity index (χ1) is 10.1. The van der Waals surface area contributed by atoms with E-state index in [1.165, 1.54) is 6.08 Å². The Labute approximate surface area is 137 Å². The Bertz CT molecular complexity index is 530. The highest BCUT2D eigenvalue weighted by Crippen LogP contribution is 2.23. The zero-order valence-corrected chi connectivity index (χ0v) is 13.8. The molecule has 2 rings (SSSR count). The molecule has 0 spiro atoms. The van der Waals surface area contributed by atoms with E-state index in [-0.39, 0.29) is 12.7 Å². The number of benzene rings is 1. The summed E-state index contributed by atoms with van der Waals surface area (Å²) in [7, 11) is 0. The highest BCUT2D eigenvalue weighted by atomic mass is 127. The molecule has 21 heavy (non-hydrogen) atoms. The Kier molecular flexibility index (Phi) is 5.63. The molecular weight excluding hydrogens is 383 g/mol. The van der Waals surface area contributed by atoms with Crippen molar-refractivity contribution < 1.29 is 14.4 Å². The fourth-order valence-corrected chi connectivity index (χ4v) is 2.19. The van der Waals surface area contributed by atoms with E-state index in [4.69, 9.17) is 9.57 Å². The van der Waals surface area contributed by atoms with Gasteiger partial charge in [0.1, 0.15) is 18.9 Å². The molecule has 1 aliphatic rings. The molecule has 1 N–H and O–H groups in total. The van der Waals surface area contributed by atoms with Crippen LogP contribution in [0, 0.1) is 3.57 Å². The molecule has 0 fully saturated rings. The summed E-state index contributed by atoms with van der Waals surface area (Å²) in [5.74, 6) is 0. The van der Waals surface area contributed by atoms with Crippen molar-refractivity contribution in [1.29, 1.82) is 0 Å². The van der Waals surface area contributed by atoms with Gasteiger partial charge in [0.05, 0.1) is 5.69 Å². The first kappa shape index (κ1) is 15.8. The SMILES string of the molecule is C=CCOC(=O)NC1C=CC(C)ON1c1ccc(I)cc1. The fourth-order valence-electron chi connectivity index (χ4n) is 1.83. The number of ether oxygens (including phenoxy) is 1. The monoisotopic (exact) mass is 400 g/mol. The van der Waals surface area contributed by atoms with Gasteiger partial charge in [-0.05, 0) is 59.9 Å². The van der Waals surface area contributed by atoms with Gasteiger partial charge in [-0.15, -0.1) is 0 Å². The van der Waals surface area contributed by atoms with Crippen LogP contribution in [0.2, 0.25) is 0 Å². The predicted molar refractivity (Wildman–Crippen MR) is 89.8 cm³/mol. The van der Waals surface area contributed by atoms with Gasteiger partial charge >= 0.3 is 6.09 Å². The molecule has 0 aliphatic carbocycles. The first-order valence-corrected chi connectivity index (χ1v) is 7.62. The maximum Gasteiger partial charge on any atom is 0.409 e. The van der Waals surface area contributed by atoms with E-state index in [1.54, 1.807) is 5.06 Å². The van der Waals surface area contributed by atoms with Crippen LogP contribution in [-0.4, -0.2) is 25.0 Å². The molecule has 1 heterocycles. The van der Waals surface area contributed by atoms with Crippen molar-refractivity contribution in [2.45, 2.75) is 19.2 Å². The molecule has 6 heteroatoms. The minimum atomic E-state index is -0.516. The summed E-state index contributed by atoms with van der Waals surface area (Å²) in [5, 5.41) is 4.40. The third-order valence-electron chi connectivity index (χ3n) is 2.78. The summed E-state index contributed by atoms with van der Waals surface area (Å²) in [6, 6.07) is 7.85. The molecule has 1 aromatic rings. The number of carbonyl (C=O) groups excluding carboxylic acids is 1. The molecule has 0 bridgehead atoms. The van der Waals surface area contributed by atoms with Gasteiger partial charge < -0.3 is 4.74 Å². The first-order valence-electron chi connectivity index (χ1n) is 6.54. The molecular formula is C15H17IN2O3. The molecule has 0 saturated carbocycles. The molecule has 5 nitrogen and oxygen atoms in total. The maximum atomic E-state index is 11.7. The van der Waals surface area contributed by atoms with Gasteiger partial charge in [0.15, 0.2) is 0 Å². The number of nitrogens with one attached hydrogen (secondary N) is 1. The summed E-state index contributed by atoms with van der Waals surface area (Å²) in [5.41, 5.74) is 0.862. The molecule has 0 radical (unpaired) electrons. The van der Waals surface area contributed by atoms with Gasteiger partial charge in [-0.3, -0.25) is 10.2 Å². The van der Waals surface area contributed by atoms with Gasteiger partial charge in [-0.1, -0.05) is 18.7 Å². The van der Waals surface area contributed by atoms with Crippen molar-refractivity contribution in [3.8, 4) is 0 Å². The van der Waals surface area contributed by atoms with E-state index in [2.05, 4.69) is 34.5 Å². The van der Waals surface area contributed by atoms with Crippen LogP contribution >= 0.6 is 22.6 Å². The van der Waals surface area contributed by atoms with E-state index >= 15 is 0 Å². The second-order valence-electron chi connectivity index (χ2n) is 4.47. The van der Waals surface area contributed by atoms with Crippen LogP contribution in [0.5, 0.6) is 0 Å². The number of halogens is 1. The maximum absolute atomic E-state index is 11.7. The number of hydrogen-bond donors (Lipinski definition) is 1. The Hall–Kier alpha value is -1.54. The van der Waals surface area contributed by atoms with Crippen molar-refractivity contribution in [2.75, 3.05) is 11.7 Å². The van der Waals surface area contributed by atoms with E-state index in [9.17, 15) is 4.79 Å². The number of amides is 1. The van der Waals surface area contributed by atoms with Crippen LogP contribution in [0.15, 0.2) is 49.1 Å². The average molecular weight is 400 g/mol. The zero-order valence-electron chi connectivity index (χ0n) is 11.7. The third kappa shape index (κ3) is 4.47. The lowest BCUT2D eigenvalue weighted by molar-refractivity contribution is 0.0440. The molecule has 1 amide bonds. The lowest BCUT2D eigenvalue weighted by Crippen LogP contribution is -2.50. The number of carbonyl (C=O) groups is 1. The minimum absolute atomic E-state index is 0.0634. The van der Waals surface area contributed by atoms with Crippen LogP contribution in [0.1, 0.15) is 6.92 Å². The Balaban J connectivity index is 2.12. The number of anilines is 1. The normalized spacial score (nSPS) is 21.0. The van der Waals surface area contributed by atoms with Crippen molar-refractivity contribution in [3.05, 3.63) is 52.6 Å². The number of nitrogens with zero attached hydrogens (tertiary/aromatic N) is 1. The second-order valence-corrected chi connectivity index (χ2v) is 5.72. The standard InChI is InChI=1S/C15H17IN2O3/c1-3-10-20-15(19)17-14-9-4-11(2)21-18(14)13-7-5-12(16)6-8-13/h3-9,11,14H,1,10H2,2H3,(H,17,19). The summed E-state index contributed by atoms with van der Waals surface area (Å²) < 4.78 is 6.07. The van der Waals surface area contributed by atoms with Crippen molar-refractivity contribution >= 4 is 34.4 Å². The number of hydroxylamine groups is 1. The average Bonchev–Trinajstić information content (AvgIpc) is 2.48. The second kappa shape index (κ2) is 7.46. The van der Waals surface area contributed by atoms with Gasteiger partial charge in [0.25, 0.3) is 0 Å². The minimum Gasteiger partial charge on any atom is -0.445 e. The van der Waals surface area contributed by atoms with Crippen LogP contribution in [0.3, 0.4) is 0 Å². The zero-order chi connectivity index (χ0) is 15.2. The third-order valence-corrected chi connectivity index (χ3v) is 3.50. The van der Waals surface area contributed by atoms with Crippen molar-refractivity contribution in [1.82, 2.24) is 5.32 Å².